The average molecular weight is 259 g/mol. The molecule has 19 heavy (non-hydrogen) atoms. The van der Waals surface area contributed by atoms with Crippen molar-refractivity contribution in [3.8, 4) is 5.75 Å². The number of nitrogens with one attached hydrogen (secondary N) is 1. The lowest BCUT2D eigenvalue weighted by atomic mass is 10.1. The van der Waals surface area contributed by atoms with Crippen LogP contribution in [0.15, 0.2) is 24.5 Å². The largest absolute Gasteiger partial charge is 0.496 e. The number of anilines is 1. The van der Waals surface area contributed by atoms with Gasteiger partial charge in [-0.05, 0) is 32.4 Å². The summed E-state index contributed by atoms with van der Waals surface area (Å²) in [5.41, 5.74) is 3.36. The summed E-state index contributed by atoms with van der Waals surface area (Å²) in [6.07, 6.45) is 3.77. The van der Waals surface area contributed by atoms with Crippen LogP contribution < -0.4 is 10.1 Å². The minimum atomic E-state index is 0.145. The van der Waals surface area contributed by atoms with E-state index in [1.54, 1.807) is 7.11 Å². The lowest BCUT2D eigenvalue weighted by Gasteiger charge is -2.19. The topological polar surface area (TPSA) is 39.1 Å². The van der Waals surface area contributed by atoms with E-state index in [4.69, 9.17) is 4.74 Å². The van der Waals surface area contributed by atoms with Gasteiger partial charge in [-0.3, -0.25) is 0 Å². The predicted octanol–water partition coefficient (Wildman–Crippen LogP) is 3.22. The first-order chi connectivity index (χ1) is 9.04. The Morgan fingerprint density at radius 1 is 1.32 bits per heavy atom. The molecule has 2 rings (SSSR count). The maximum atomic E-state index is 5.45. The SMILES string of the molecule is COc1c(C)ccc(NC(C)c2nccn2C)c1C. The molecule has 0 bridgehead atoms. The molecular formula is C15H21N3O. The van der Waals surface area contributed by atoms with Gasteiger partial charge < -0.3 is 14.6 Å². The van der Waals surface area contributed by atoms with Crippen LogP contribution in [0.4, 0.5) is 5.69 Å². The van der Waals surface area contributed by atoms with E-state index in [-0.39, 0.29) is 6.04 Å². The number of ether oxygens (including phenoxy) is 1. The van der Waals surface area contributed by atoms with Gasteiger partial charge in [-0.2, -0.15) is 0 Å². The number of imidazole rings is 1. The smallest absolute Gasteiger partial charge is 0.130 e. The highest BCUT2D eigenvalue weighted by Gasteiger charge is 2.13. The Labute approximate surface area is 114 Å². The molecule has 0 amide bonds. The van der Waals surface area contributed by atoms with Crippen LogP contribution in [-0.2, 0) is 7.05 Å². The van der Waals surface area contributed by atoms with Crippen molar-refractivity contribution in [2.45, 2.75) is 26.8 Å². The molecule has 1 atom stereocenters. The standard InChI is InChI=1S/C15H21N3O/c1-10-6-7-13(11(2)14(10)19-5)17-12(3)15-16-8-9-18(15)4/h6-9,12,17H,1-5H3. The van der Waals surface area contributed by atoms with E-state index < -0.39 is 0 Å². The van der Waals surface area contributed by atoms with Gasteiger partial charge >= 0.3 is 0 Å². The van der Waals surface area contributed by atoms with E-state index in [1.807, 2.05) is 24.0 Å². The van der Waals surface area contributed by atoms with Gasteiger partial charge in [-0.25, -0.2) is 4.98 Å². The zero-order chi connectivity index (χ0) is 14.0. The number of methoxy groups -OCH3 is 1. The van der Waals surface area contributed by atoms with E-state index in [9.17, 15) is 0 Å². The second-order valence-corrected chi connectivity index (χ2v) is 4.85. The second kappa shape index (κ2) is 5.34. The number of aromatic nitrogens is 2. The van der Waals surface area contributed by atoms with Crippen molar-refractivity contribution in [2.75, 3.05) is 12.4 Å². The van der Waals surface area contributed by atoms with Gasteiger partial charge in [0.1, 0.15) is 11.6 Å². The Bertz CT molecular complexity index is 575. The van der Waals surface area contributed by atoms with Crippen molar-refractivity contribution in [3.63, 3.8) is 0 Å². The average Bonchev–Trinajstić information content (AvgIpc) is 2.80. The molecule has 1 unspecified atom stereocenters. The normalized spacial score (nSPS) is 12.3. The molecule has 1 heterocycles. The predicted molar refractivity (Wildman–Crippen MR) is 77.7 cm³/mol. The highest BCUT2D eigenvalue weighted by atomic mass is 16.5. The third-order valence-electron chi connectivity index (χ3n) is 3.42. The summed E-state index contributed by atoms with van der Waals surface area (Å²) < 4.78 is 7.48. The molecule has 4 heteroatoms. The molecule has 0 aliphatic heterocycles. The quantitative estimate of drug-likeness (QED) is 0.916. The van der Waals surface area contributed by atoms with Crippen molar-refractivity contribution in [1.29, 1.82) is 0 Å². The molecule has 1 aromatic heterocycles. The number of hydrogen-bond donors (Lipinski definition) is 1. The molecule has 102 valence electrons. The van der Waals surface area contributed by atoms with E-state index in [0.29, 0.717) is 0 Å². The van der Waals surface area contributed by atoms with Gasteiger partial charge in [0.25, 0.3) is 0 Å². The van der Waals surface area contributed by atoms with Crippen LogP contribution in [0, 0.1) is 13.8 Å². The maximum absolute atomic E-state index is 5.45. The van der Waals surface area contributed by atoms with Crippen LogP contribution >= 0.6 is 0 Å². The summed E-state index contributed by atoms with van der Waals surface area (Å²) in [6.45, 7) is 6.23. The lowest BCUT2D eigenvalue weighted by molar-refractivity contribution is 0.409. The van der Waals surface area contributed by atoms with Crippen molar-refractivity contribution in [3.05, 3.63) is 41.5 Å². The van der Waals surface area contributed by atoms with Crippen LogP contribution in [0.3, 0.4) is 0 Å². The van der Waals surface area contributed by atoms with Crippen LogP contribution in [0.1, 0.15) is 29.9 Å². The molecule has 0 aliphatic rings. The van der Waals surface area contributed by atoms with Crippen LogP contribution in [0.2, 0.25) is 0 Å². The first-order valence-electron chi connectivity index (χ1n) is 6.42. The lowest BCUT2D eigenvalue weighted by Crippen LogP contribution is -2.13. The third kappa shape index (κ3) is 2.57. The molecular weight excluding hydrogens is 238 g/mol. The van der Waals surface area contributed by atoms with Crippen molar-refractivity contribution in [2.24, 2.45) is 7.05 Å². The zero-order valence-corrected chi connectivity index (χ0v) is 12.2. The van der Waals surface area contributed by atoms with Crippen LogP contribution in [0.25, 0.3) is 0 Å². The molecule has 0 saturated heterocycles. The van der Waals surface area contributed by atoms with E-state index in [1.165, 1.54) is 0 Å². The molecule has 0 saturated carbocycles. The van der Waals surface area contributed by atoms with E-state index in [0.717, 1.165) is 28.4 Å². The third-order valence-corrected chi connectivity index (χ3v) is 3.42. The first-order valence-corrected chi connectivity index (χ1v) is 6.42. The van der Waals surface area contributed by atoms with Gasteiger partial charge in [-0.15, -0.1) is 0 Å². The van der Waals surface area contributed by atoms with Gasteiger partial charge in [0.2, 0.25) is 0 Å². The molecule has 0 spiro atoms. The number of aryl methyl sites for hydroxylation is 2. The fraction of sp³-hybridized carbons (Fsp3) is 0.400. The van der Waals surface area contributed by atoms with E-state index >= 15 is 0 Å². The summed E-state index contributed by atoms with van der Waals surface area (Å²) in [4.78, 5) is 4.37. The maximum Gasteiger partial charge on any atom is 0.130 e. The molecule has 0 fully saturated rings. The van der Waals surface area contributed by atoms with Gasteiger partial charge in [0, 0.05) is 30.7 Å². The molecule has 0 aliphatic carbocycles. The van der Waals surface area contributed by atoms with Crippen molar-refractivity contribution < 1.29 is 4.74 Å². The second-order valence-electron chi connectivity index (χ2n) is 4.85. The number of benzene rings is 1. The van der Waals surface area contributed by atoms with Crippen molar-refractivity contribution >= 4 is 5.69 Å². The van der Waals surface area contributed by atoms with Gasteiger partial charge in [0.15, 0.2) is 0 Å². The summed E-state index contributed by atoms with van der Waals surface area (Å²) in [5, 5.41) is 3.49. The fourth-order valence-electron chi connectivity index (χ4n) is 2.39. The number of hydrogen-bond acceptors (Lipinski definition) is 3. The molecule has 1 N–H and O–H groups in total. The molecule has 1 aromatic carbocycles. The molecule has 2 aromatic rings. The van der Waals surface area contributed by atoms with Gasteiger partial charge in [-0.1, -0.05) is 6.07 Å². The zero-order valence-electron chi connectivity index (χ0n) is 12.2. The van der Waals surface area contributed by atoms with E-state index in [2.05, 4.69) is 43.2 Å². The highest BCUT2D eigenvalue weighted by molar-refractivity contribution is 5.60. The highest BCUT2D eigenvalue weighted by Crippen LogP contribution is 2.31. The Balaban J connectivity index is 2.27. The Hall–Kier alpha value is -1.97. The summed E-state index contributed by atoms with van der Waals surface area (Å²) in [5.74, 6) is 1.95. The fourth-order valence-corrected chi connectivity index (χ4v) is 2.39. The van der Waals surface area contributed by atoms with Gasteiger partial charge in [0.05, 0.1) is 13.2 Å². The molecule has 4 nitrogen and oxygen atoms in total. The monoisotopic (exact) mass is 259 g/mol. The van der Waals surface area contributed by atoms with Crippen LogP contribution in [-0.4, -0.2) is 16.7 Å². The Kier molecular flexibility index (Phi) is 3.79. The first kappa shape index (κ1) is 13.5. The summed E-state index contributed by atoms with van der Waals surface area (Å²) >= 11 is 0. The minimum Gasteiger partial charge on any atom is -0.496 e. The number of nitrogens with zero attached hydrogens (tertiary/aromatic N) is 2. The molecule has 0 radical (unpaired) electrons. The van der Waals surface area contributed by atoms with Crippen molar-refractivity contribution in [1.82, 2.24) is 9.55 Å². The Morgan fingerprint density at radius 2 is 2.05 bits per heavy atom. The number of rotatable bonds is 4. The summed E-state index contributed by atoms with van der Waals surface area (Å²) in [6, 6.07) is 4.30. The van der Waals surface area contributed by atoms with Crippen LogP contribution in [0.5, 0.6) is 5.75 Å². The minimum absolute atomic E-state index is 0.145. The summed E-state index contributed by atoms with van der Waals surface area (Å²) in [7, 11) is 3.71. The Morgan fingerprint density at radius 3 is 2.63 bits per heavy atom.